The predicted octanol–water partition coefficient (Wildman–Crippen LogP) is 2.73. The van der Waals surface area contributed by atoms with E-state index in [0.29, 0.717) is 12.1 Å². The fourth-order valence-corrected chi connectivity index (χ4v) is 2.79. The average Bonchev–Trinajstić information content (AvgIpc) is 3.40. The maximum absolute atomic E-state index is 12.7. The van der Waals surface area contributed by atoms with Gasteiger partial charge in [-0.2, -0.15) is 5.10 Å². The number of hydrogen-bond donors (Lipinski definition) is 0. The van der Waals surface area contributed by atoms with Crippen LogP contribution in [0.5, 0.6) is 0 Å². The molecule has 0 aliphatic carbocycles. The molecule has 0 fully saturated rings. The van der Waals surface area contributed by atoms with Crippen LogP contribution in [0.3, 0.4) is 0 Å². The normalized spacial score (nSPS) is 10.7. The van der Waals surface area contributed by atoms with Gasteiger partial charge in [0.05, 0.1) is 17.4 Å². The Morgan fingerprint density at radius 3 is 2.67 bits per heavy atom. The number of aromatic nitrogens is 5. The Morgan fingerprint density at radius 1 is 1.11 bits per heavy atom. The van der Waals surface area contributed by atoms with Crippen molar-refractivity contribution in [2.75, 3.05) is 7.05 Å². The maximum atomic E-state index is 12.7. The highest BCUT2D eigenvalue weighted by Gasteiger charge is 2.14. The first kappa shape index (κ1) is 16.7. The zero-order chi connectivity index (χ0) is 18.6. The van der Waals surface area contributed by atoms with Crippen molar-refractivity contribution >= 4 is 5.91 Å². The van der Waals surface area contributed by atoms with E-state index in [2.05, 4.69) is 15.1 Å². The number of para-hydroxylation sites is 1. The van der Waals surface area contributed by atoms with E-state index in [4.69, 9.17) is 0 Å². The third-order valence-corrected chi connectivity index (χ3v) is 4.19. The first-order chi connectivity index (χ1) is 13.2. The molecule has 0 spiro atoms. The summed E-state index contributed by atoms with van der Waals surface area (Å²) in [5.74, 6) is 0.628. The van der Waals surface area contributed by atoms with E-state index in [1.165, 1.54) is 0 Å². The van der Waals surface area contributed by atoms with Crippen LogP contribution in [0.4, 0.5) is 0 Å². The van der Waals surface area contributed by atoms with Crippen molar-refractivity contribution in [3.63, 3.8) is 0 Å². The molecule has 7 nitrogen and oxygen atoms in total. The molecule has 4 rings (SSSR count). The standard InChI is InChI=1S/C20H18N6O/c1-24(13-16-11-23-26(14-16)18-5-3-2-4-6-18)20(27)17-7-8-19(22-12-17)25-10-9-21-15-25/h2-12,14-15H,13H2,1H3. The third kappa shape index (κ3) is 3.62. The lowest BCUT2D eigenvalue weighted by Crippen LogP contribution is -2.26. The third-order valence-electron chi connectivity index (χ3n) is 4.19. The molecule has 3 aromatic heterocycles. The second kappa shape index (κ2) is 7.25. The smallest absolute Gasteiger partial charge is 0.255 e. The van der Waals surface area contributed by atoms with Crippen LogP contribution in [-0.2, 0) is 6.54 Å². The molecule has 0 N–H and O–H groups in total. The molecule has 1 amide bonds. The fourth-order valence-electron chi connectivity index (χ4n) is 2.79. The second-order valence-electron chi connectivity index (χ2n) is 6.16. The van der Waals surface area contributed by atoms with Gasteiger partial charge in [0.15, 0.2) is 0 Å². The summed E-state index contributed by atoms with van der Waals surface area (Å²) >= 11 is 0. The van der Waals surface area contributed by atoms with Gasteiger partial charge in [-0.05, 0) is 24.3 Å². The maximum Gasteiger partial charge on any atom is 0.255 e. The van der Waals surface area contributed by atoms with Gasteiger partial charge in [-0.25, -0.2) is 14.6 Å². The molecule has 7 heteroatoms. The topological polar surface area (TPSA) is 68.8 Å². The zero-order valence-corrected chi connectivity index (χ0v) is 14.8. The van der Waals surface area contributed by atoms with Crippen molar-refractivity contribution in [2.45, 2.75) is 6.54 Å². The SMILES string of the molecule is CN(Cc1cnn(-c2ccccc2)c1)C(=O)c1ccc(-n2ccnc2)nc1. The monoisotopic (exact) mass is 358 g/mol. The van der Waals surface area contributed by atoms with Crippen molar-refractivity contribution in [1.29, 1.82) is 0 Å². The van der Waals surface area contributed by atoms with Gasteiger partial charge in [-0.3, -0.25) is 9.36 Å². The van der Waals surface area contributed by atoms with Crippen LogP contribution in [0.2, 0.25) is 0 Å². The summed E-state index contributed by atoms with van der Waals surface area (Å²) in [6.07, 6.45) is 10.4. The van der Waals surface area contributed by atoms with Gasteiger partial charge < -0.3 is 4.90 Å². The molecule has 0 bridgehead atoms. The van der Waals surface area contributed by atoms with Crippen molar-refractivity contribution in [2.24, 2.45) is 0 Å². The van der Waals surface area contributed by atoms with Crippen LogP contribution < -0.4 is 0 Å². The lowest BCUT2D eigenvalue weighted by Gasteiger charge is -2.16. The molecule has 27 heavy (non-hydrogen) atoms. The number of benzene rings is 1. The van der Waals surface area contributed by atoms with Crippen molar-refractivity contribution in [3.05, 3.63) is 90.9 Å². The van der Waals surface area contributed by atoms with Gasteiger partial charge in [-0.1, -0.05) is 18.2 Å². The van der Waals surface area contributed by atoms with E-state index in [1.54, 1.807) is 64.4 Å². The number of hydrogen-bond acceptors (Lipinski definition) is 4. The molecule has 134 valence electrons. The molecule has 0 saturated carbocycles. The van der Waals surface area contributed by atoms with E-state index < -0.39 is 0 Å². The highest BCUT2D eigenvalue weighted by atomic mass is 16.2. The quantitative estimate of drug-likeness (QED) is 0.550. The zero-order valence-electron chi connectivity index (χ0n) is 14.8. The van der Waals surface area contributed by atoms with Gasteiger partial charge in [0.1, 0.15) is 12.1 Å². The van der Waals surface area contributed by atoms with Gasteiger partial charge in [0, 0.05) is 43.9 Å². The van der Waals surface area contributed by atoms with Gasteiger partial charge in [0.25, 0.3) is 5.91 Å². The van der Waals surface area contributed by atoms with Crippen molar-refractivity contribution in [3.8, 4) is 11.5 Å². The van der Waals surface area contributed by atoms with E-state index in [-0.39, 0.29) is 5.91 Å². The molecule has 0 aliphatic rings. The molecule has 0 unspecified atom stereocenters. The largest absolute Gasteiger partial charge is 0.337 e. The minimum atomic E-state index is -0.0906. The summed E-state index contributed by atoms with van der Waals surface area (Å²) in [6, 6.07) is 13.4. The molecule has 1 aromatic carbocycles. The number of amides is 1. The first-order valence-electron chi connectivity index (χ1n) is 8.49. The second-order valence-corrected chi connectivity index (χ2v) is 6.16. The minimum absolute atomic E-state index is 0.0906. The van der Waals surface area contributed by atoms with Crippen LogP contribution in [0.1, 0.15) is 15.9 Å². The predicted molar refractivity (Wildman–Crippen MR) is 101 cm³/mol. The van der Waals surface area contributed by atoms with E-state index >= 15 is 0 Å². The van der Waals surface area contributed by atoms with E-state index in [1.807, 2.05) is 36.5 Å². The van der Waals surface area contributed by atoms with Crippen LogP contribution in [0.25, 0.3) is 11.5 Å². The van der Waals surface area contributed by atoms with Crippen LogP contribution in [0.15, 0.2) is 79.8 Å². The Bertz CT molecular complexity index is 1020. The number of imidazole rings is 1. The lowest BCUT2D eigenvalue weighted by atomic mass is 10.2. The first-order valence-corrected chi connectivity index (χ1v) is 8.49. The van der Waals surface area contributed by atoms with Gasteiger partial charge in [0.2, 0.25) is 0 Å². The number of carbonyl (C=O) groups excluding carboxylic acids is 1. The highest BCUT2D eigenvalue weighted by molar-refractivity contribution is 5.93. The summed E-state index contributed by atoms with van der Waals surface area (Å²) in [5, 5.41) is 4.37. The molecule has 0 radical (unpaired) electrons. The number of carbonyl (C=O) groups is 1. The van der Waals surface area contributed by atoms with E-state index in [9.17, 15) is 4.79 Å². The lowest BCUT2D eigenvalue weighted by molar-refractivity contribution is 0.0784. The Morgan fingerprint density at radius 2 is 1.96 bits per heavy atom. The van der Waals surface area contributed by atoms with Crippen molar-refractivity contribution in [1.82, 2.24) is 29.2 Å². The molecular formula is C20H18N6O. The van der Waals surface area contributed by atoms with Crippen LogP contribution in [-0.4, -0.2) is 42.2 Å². The molecule has 4 aromatic rings. The number of pyridine rings is 1. The Kier molecular flexibility index (Phi) is 4.49. The number of nitrogens with zero attached hydrogens (tertiary/aromatic N) is 6. The summed E-state index contributed by atoms with van der Waals surface area (Å²) in [6.45, 7) is 0.467. The van der Waals surface area contributed by atoms with Crippen LogP contribution in [0, 0.1) is 0 Å². The van der Waals surface area contributed by atoms with E-state index in [0.717, 1.165) is 17.1 Å². The number of rotatable bonds is 5. The molecular weight excluding hydrogens is 340 g/mol. The van der Waals surface area contributed by atoms with Crippen LogP contribution >= 0.6 is 0 Å². The molecule has 0 aliphatic heterocycles. The highest BCUT2D eigenvalue weighted by Crippen LogP contribution is 2.12. The summed E-state index contributed by atoms with van der Waals surface area (Å²) in [4.78, 5) is 22.6. The summed E-state index contributed by atoms with van der Waals surface area (Å²) in [5.41, 5.74) is 2.48. The average molecular weight is 358 g/mol. The fraction of sp³-hybridized carbons (Fsp3) is 0.100. The van der Waals surface area contributed by atoms with Crippen molar-refractivity contribution < 1.29 is 4.79 Å². The Hall–Kier alpha value is -3.74. The van der Waals surface area contributed by atoms with Gasteiger partial charge in [-0.15, -0.1) is 0 Å². The molecule has 3 heterocycles. The summed E-state index contributed by atoms with van der Waals surface area (Å²) < 4.78 is 3.59. The molecule has 0 atom stereocenters. The van der Waals surface area contributed by atoms with Gasteiger partial charge >= 0.3 is 0 Å². The summed E-state index contributed by atoms with van der Waals surface area (Å²) in [7, 11) is 1.77. The molecule has 0 saturated heterocycles. The minimum Gasteiger partial charge on any atom is -0.337 e. The Balaban J connectivity index is 1.44. The Labute approximate surface area is 156 Å².